The zero-order valence-corrected chi connectivity index (χ0v) is 28.0. The first-order chi connectivity index (χ1) is 23.1. The maximum atomic E-state index is 13.9. The van der Waals surface area contributed by atoms with Crippen LogP contribution >= 0.6 is 11.3 Å². The Morgan fingerprint density at radius 3 is 2.57 bits per heavy atom. The molecule has 12 nitrogen and oxygen atoms in total. The summed E-state index contributed by atoms with van der Waals surface area (Å²) in [5, 5.41) is 14.6. The maximum absolute atomic E-state index is 13.9. The number of thiazole rings is 1. The van der Waals surface area contributed by atoms with Crippen molar-refractivity contribution in [3.63, 3.8) is 0 Å². The molecule has 2 amide bonds. The highest BCUT2D eigenvalue weighted by molar-refractivity contribution is 7.89. The number of amides is 2. The zero-order chi connectivity index (χ0) is 35.5. The number of sulfonamides is 1. The molecule has 0 bridgehead atoms. The number of hydrogen-bond donors (Lipinski definition) is 3. The summed E-state index contributed by atoms with van der Waals surface area (Å²) in [5.74, 6) is -1.48. The molecule has 5 rings (SSSR count). The molecule has 49 heavy (non-hydrogen) atoms. The van der Waals surface area contributed by atoms with E-state index in [1.807, 2.05) is 13.8 Å². The number of nitrogen functional groups attached to an aromatic ring is 1. The molecule has 2 heterocycles. The molecule has 0 radical (unpaired) electrons. The van der Waals surface area contributed by atoms with Gasteiger partial charge in [0.2, 0.25) is 10.0 Å². The average Bonchev–Trinajstić information content (AvgIpc) is 3.61. The summed E-state index contributed by atoms with van der Waals surface area (Å²) in [6.07, 6.45) is -8.65. The number of nitrogens with one attached hydrogen (secondary N) is 1. The van der Waals surface area contributed by atoms with Crippen LogP contribution in [-0.4, -0.2) is 79.1 Å². The monoisotopic (exact) mass is 721 g/mol. The molecule has 0 unspecified atom stereocenters. The molecule has 262 valence electrons. The van der Waals surface area contributed by atoms with Gasteiger partial charge in [0.1, 0.15) is 5.75 Å². The second-order valence-electron chi connectivity index (χ2n) is 11.8. The van der Waals surface area contributed by atoms with E-state index in [-0.39, 0.29) is 42.6 Å². The molecule has 1 aromatic heterocycles. The van der Waals surface area contributed by atoms with Crippen LogP contribution in [0.1, 0.15) is 19.4 Å². The van der Waals surface area contributed by atoms with Crippen LogP contribution < -0.4 is 20.7 Å². The van der Waals surface area contributed by atoms with Crippen molar-refractivity contribution in [3.8, 4) is 5.75 Å². The Bertz CT molecular complexity index is 1910. The van der Waals surface area contributed by atoms with Crippen LogP contribution in [0.2, 0.25) is 0 Å². The van der Waals surface area contributed by atoms with Gasteiger partial charge in [0.25, 0.3) is 5.91 Å². The third kappa shape index (κ3) is 8.97. The number of benzene rings is 3. The summed E-state index contributed by atoms with van der Waals surface area (Å²) in [5.41, 5.74) is 7.09. The number of halogens is 3. The minimum Gasteiger partial charge on any atom is -0.434 e. The molecule has 0 spiro atoms. The number of carbonyl (C=O) groups is 2. The number of ether oxygens (including phenoxy) is 2. The van der Waals surface area contributed by atoms with Crippen LogP contribution in [0.4, 0.5) is 28.8 Å². The summed E-state index contributed by atoms with van der Waals surface area (Å²) in [6.45, 7) is 2.99. The van der Waals surface area contributed by atoms with Crippen molar-refractivity contribution < 1.29 is 45.8 Å². The molecular weight excluding hydrogens is 688 g/mol. The van der Waals surface area contributed by atoms with Crippen LogP contribution in [0.25, 0.3) is 10.2 Å². The number of cyclic esters (lactones) is 1. The molecule has 1 aliphatic rings. The van der Waals surface area contributed by atoms with Gasteiger partial charge in [0.15, 0.2) is 11.2 Å². The van der Waals surface area contributed by atoms with Crippen molar-refractivity contribution in [2.45, 2.75) is 49.8 Å². The molecule has 1 fully saturated rings. The van der Waals surface area contributed by atoms with Crippen molar-refractivity contribution in [2.75, 3.05) is 30.3 Å². The fraction of sp³-hybridized carbons (Fsp3) is 0.344. The normalized spacial score (nSPS) is 16.6. The fourth-order valence-corrected chi connectivity index (χ4v) is 7.83. The number of fused-ring (bicyclic) bond motifs is 1. The van der Waals surface area contributed by atoms with E-state index in [2.05, 4.69) is 15.0 Å². The topological polar surface area (TPSA) is 164 Å². The Kier molecular flexibility index (Phi) is 10.7. The average molecular weight is 722 g/mol. The van der Waals surface area contributed by atoms with E-state index in [4.69, 9.17) is 10.5 Å². The van der Waals surface area contributed by atoms with Gasteiger partial charge in [-0.15, -0.1) is 13.2 Å². The van der Waals surface area contributed by atoms with E-state index < -0.39 is 52.4 Å². The second-order valence-corrected chi connectivity index (χ2v) is 14.8. The molecule has 4 aromatic rings. The Morgan fingerprint density at radius 2 is 1.88 bits per heavy atom. The minimum absolute atomic E-state index is 0.0108. The lowest BCUT2D eigenvalue weighted by Gasteiger charge is -2.31. The summed E-state index contributed by atoms with van der Waals surface area (Å²) in [4.78, 5) is 31.3. The lowest BCUT2D eigenvalue weighted by molar-refractivity contribution is -0.274. The van der Waals surface area contributed by atoms with Gasteiger partial charge in [-0.3, -0.25) is 9.69 Å². The van der Waals surface area contributed by atoms with Gasteiger partial charge >= 0.3 is 12.5 Å². The van der Waals surface area contributed by atoms with Crippen LogP contribution in [0.5, 0.6) is 5.75 Å². The SMILES string of the molecule is CC(C)CN(C[C@@H](O)[C@H](Cc1ccccc1)NC(=O)[C@@H]1CN(c2cccc(OC(F)(F)F)c2)C(=O)O1)S(=O)(=O)c1ccc2nc(N)sc2c1. The number of aromatic nitrogens is 1. The summed E-state index contributed by atoms with van der Waals surface area (Å²) < 4.78 is 77.0. The molecule has 3 aromatic carbocycles. The molecule has 1 aliphatic heterocycles. The zero-order valence-electron chi connectivity index (χ0n) is 26.3. The lowest BCUT2D eigenvalue weighted by Crippen LogP contribution is -2.53. The second kappa shape index (κ2) is 14.6. The number of nitrogens with zero attached hydrogens (tertiary/aromatic N) is 3. The van der Waals surface area contributed by atoms with E-state index in [0.29, 0.717) is 15.3 Å². The van der Waals surface area contributed by atoms with Crippen LogP contribution in [0.3, 0.4) is 0 Å². The lowest BCUT2D eigenvalue weighted by atomic mass is 10.0. The minimum atomic E-state index is -4.95. The number of aliphatic hydroxyl groups excluding tert-OH is 1. The van der Waals surface area contributed by atoms with Crippen molar-refractivity contribution in [2.24, 2.45) is 5.92 Å². The highest BCUT2D eigenvalue weighted by atomic mass is 32.2. The Balaban J connectivity index is 1.35. The summed E-state index contributed by atoms with van der Waals surface area (Å²) in [7, 11) is -4.14. The number of carbonyl (C=O) groups excluding carboxylic acids is 2. The first kappa shape index (κ1) is 35.8. The Morgan fingerprint density at radius 1 is 1.14 bits per heavy atom. The molecule has 3 atom stereocenters. The molecule has 0 saturated carbocycles. The van der Waals surface area contributed by atoms with E-state index in [1.54, 1.807) is 36.4 Å². The van der Waals surface area contributed by atoms with Gasteiger partial charge < -0.3 is 25.6 Å². The number of hydrogen-bond acceptors (Lipinski definition) is 10. The molecule has 17 heteroatoms. The van der Waals surface area contributed by atoms with Crippen LogP contribution in [0.15, 0.2) is 77.7 Å². The molecular formula is C32H34F3N5O7S2. The third-order valence-electron chi connectivity index (χ3n) is 7.53. The van der Waals surface area contributed by atoms with E-state index in [1.165, 1.54) is 24.3 Å². The number of anilines is 2. The Hall–Kier alpha value is -4.45. The standard InChI is InChI=1S/C32H34F3N5O7S2/c1-19(2)16-39(49(44,45)23-11-12-24-28(15-23)48-30(36)38-24)17-26(41)25(13-20-7-4-3-5-8-20)37-29(42)27-18-40(31(43)46-27)21-9-6-10-22(14-21)47-32(33,34)35/h3-12,14-15,19,25-27,41H,13,16-18H2,1-2H3,(H2,36,38)(H,37,42)/t25-,26+,27-/m0/s1. The summed E-state index contributed by atoms with van der Waals surface area (Å²) in [6, 6.07) is 17.0. The fourth-order valence-electron chi connectivity index (χ4n) is 5.33. The quantitative estimate of drug-likeness (QED) is 0.180. The number of nitrogens with two attached hydrogens (primary N) is 1. The molecule has 0 aliphatic carbocycles. The number of aliphatic hydroxyl groups is 1. The van der Waals surface area contributed by atoms with Gasteiger partial charge in [-0.05, 0) is 48.2 Å². The largest absolute Gasteiger partial charge is 0.573 e. The van der Waals surface area contributed by atoms with Crippen molar-refractivity contribution in [1.29, 1.82) is 0 Å². The van der Waals surface area contributed by atoms with Crippen molar-refractivity contribution >= 4 is 54.4 Å². The van der Waals surface area contributed by atoms with E-state index in [9.17, 15) is 36.3 Å². The first-order valence-electron chi connectivity index (χ1n) is 15.1. The summed E-state index contributed by atoms with van der Waals surface area (Å²) >= 11 is 1.14. The predicted molar refractivity (Wildman–Crippen MR) is 176 cm³/mol. The van der Waals surface area contributed by atoms with Gasteiger partial charge in [0, 0.05) is 19.2 Å². The smallest absolute Gasteiger partial charge is 0.434 e. The third-order valence-corrected chi connectivity index (χ3v) is 10.2. The highest BCUT2D eigenvalue weighted by Gasteiger charge is 2.40. The van der Waals surface area contributed by atoms with Gasteiger partial charge in [0.05, 0.1) is 39.5 Å². The van der Waals surface area contributed by atoms with Crippen molar-refractivity contribution in [1.82, 2.24) is 14.6 Å². The van der Waals surface area contributed by atoms with Gasteiger partial charge in [-0.2, -0.15) is 4.31 Å². The van der Waals surface area contributed by atoms with E-state index >= 15 is 0 Å². The van der Waals surface area contributed by atoms with Crippen molar-refractivity contribution in [3.05, 3.63) is 78.4 Å². The van der Waals surface area contributed by atoms with Gasteiger partial charge in [-0.1, -0.05) is 61.6 Å². The van der Waals surface area contributed by atoms with Crippen LogP contribution in [-0.2, 0) is 26.0 Å². The highest BCUT2D eigenvalue weighted by Crippen LogP contribution is 2.30. The first-order valence-corrected chi connectivity index (χ1v) is 17.4. The number of alkyl halides is 3. The number of rotatable bonds is 13. The molecule has 4 N–H and O–H groups in total. The predicted octanol–water partition coefficient (Wildman–Crippen LogP) is 4.54. The van der Waals surface area contributed by atoms with Crippen LogP contribution in [0, 0.1) is 5.92 Å². The van der Waals surface area contributed by atoms with Gasteiger partial charge in [-0.25, -0.2) is 18.2 Å². The van der Waals surface area contributed by atoms with E-state index in [0.717, 1.165) is 38.2 Å². The Labute approximate surface area is 284 Å². The maximum Gasteiger partial charge on any atom is 0.573 e. The molecule has 1 saturated heterocycles.